The highest BCUT2D eigenvalue weighted by atomic mass is 16.5. The lowest BCUT2D eigenvalue weighted by Gasteiger charge is -2.26. The number of carboxylic acids is 2. The highest BCUT2D eigenvalue weighted by Crippen LogP contribution is 2.15. The van der Waals surface area contributed by atoms with Crippen LogP contribution in [0.5, 0.6) is 0 Å². The summed E-state index contributed by atoms with van der Waals surface area (Å²) in [6, 6.07) is 15.7. The molecule has 2 aromatic carbocycles. The first kappa shape index (κ1) is 49.5. The highest BCUT2D eigenvalue weighted by molar-refractivity contribution is 5.93. The van der Waals surface area contributed by atoms with Crippen molar-refractivity contribution < 1.29 is 49.1 Å². The zero-order valence-electron chi connectivity index (χ0n) is 35.1. The molecule has 22 nitrogen and oxygen atoms in total. The second-order valence-electron chi connectivity index (χ2n) is 14.4. The Hall–Kier alpha value is -7.14. The molecule has 4 heterocycles. The lowest BCUT2D eigenvalue weighted by atomic mass is 10.0. The van der Waals surface area contributed by atoms with Crippen LogP contribution in [0.25, 0.3) is 0 Å². The van der Waals surface area contributed by atoms with Crippen LogP contribution in [0.4, 0.5) is 11.9 Å². The first-order valence-electron chi connectivity index (χ1n) is 20.2. The number of ether oxygens (including phenoxy) is 2. The lowest BCUT2D eigenvalue weighted by molar-refractivity contribution is -0.165. The van der Waals surface area contributed by atoms with Crippen LogP contribution in [0, 0.1) is 0 Å². The van der Waals surface area contributed by atoms with Gasteiger partial charge in [0.25, 0.3) is 11.8 Å². The Bertz CT molecular complexity index is 2030. The van der Waals surface area contributed by atoms with E-state index in [1.165, 1.54) is 0 Å². The zero-order valence-corrected chi connectivity index (χ0v) is 35.1. The third-order valence-corrected chi connectivity index (χ3v) is 9.38. The second-order valence-corrected chi connectivity index (χ2v) is 14.4. The van der Waals surface area contributed by atoms with E-state index in [2.05, 4.69) is 39.7 Å². The first-order chi connectivity index (χ1) is 30.7. The van der Waals surface area contributed by atoms with Gasteiger partial charge in [-0.1, -0.05) is 48.5 Å². The molecule has 2 aromatic heterocycles. The number of nitrogens with zero attached hydrogens (tertiary/aromatic N) is 8. The van der Waals surface area contributed by atoms with Crippen molar-refractivity contribution in [3.8, 4) is 0 Å². The molecule has 12 N–H and O–H groups in total. The molecule has 2 fully saturated rings. The molecule has 0 unspecified atom stereocenters. The smallest absolute Gasteiger partial charge is 0.335 e. The van der Waals surface area contributed by atoms with Crippen LogP contribution < -0.4 is 32.7 Å². The van der Waals surface area contributed by atoms with Crippen LogP contribution >= 0.6 is 0 Å². The average molecular weight is 887 g/mol. The van der Waals surface area contributed by atoms with Gasteiger partial charge in [-0.3, -0.25) is 9.59 Å². The van der Waals surface area contributed by atoms with E-state index in [1.54, 1.807) is 0 Å². The topological polar surface area (TPSA) is 355 Å². The number of anilines is 2. The molecule has 22 heteroatoms. The van der Waals surface area contributed by atoms with Gasteiger partial charge in [-0.05, 0) is 59.1 Å². The third-order valence-electron chi connectivity index (χ3n) is 9.38. The van der Waals surface area contributed by atoms with E-state index in [4.69, 9.17) is 52.8 Å². The molecule has 342 valence electrons. The Labute approximate surface area is 368 Å². The number of carbonyl (C=O) groups is 4. The molecular formula is C42H54N12O10. The van der Waals surface area contributed by atoms with Crippen LogP contribution in [0.1, 0.15) is 33.4 Å². The molecule has 2 aliphatic rings. The molecule has 2 atom stereocenters. The van der Waals surface area contributed by atoms with Crippen molar-refractivity contribution in [2.24, 2.45) is 32.9 Å². The van der Waals surface area contributed by atoms with Crippen LogP contribution in [-0.2, 0) is 67.2 Å². The van der Waals surface area contributed by atoms with Crippen molar-refractivity contribution in [3.63, 3.8) is 0 Å². The molecule has 2 amide bonds. The van der Waals surface area contributed by atoms with E-state index in [0.717, 1.165) is 97.1 Å². The van der Waals surface area contributed by atoms with Gasteiger partial charge in [-0.2, -0.15) is 9.98 Å². The Kier molecular flexibility index (Phi) is 19.9. The van der Waals surface area contributed by atoms with Gasteiger partial charge >= 0.3 is 11.9 Å². The zero-order chi connectivity index (χ0) is 46.4. The number of aliphatic carboxylic acids is 2. The summed E-state index contributed by atoms with van der Waals surface area (Å²) in [5.41, 5.74) is 27.2. The number of rotatable bonds is 15. The number of carbonyl (C=O) groups excluding carboxylic acids is 2. The van der Waals surface area contributed by atoms with Gasteiger partial charge in [0.15, 0.2) is 24.1 Å². The van der Waals surface area contributed by atoms with Gasteiger partial charge in [0.05, 0.1) is 39.3 Å². The number of nitrogens with two attached hydrogens (primary N) is 4. The van der Waals surface area contributed by atoms with E-state index in [0.29, 0.717) is 26.4 Å². The molecule has 0 saturated carbocycles. The summed E-state index contributed by atoms with van der Waals surface area (Å²) in [4.78, 5) is 72.2. The van der Waals surface area contributed by atoms with E-state index in [1.807, 2.05) is 73.3 Å². The summed E-state index contributed by atoms with van der Waals surface area (Å²) in [5, 5.41) is 32.5. The summed E-state index contributed by atoms with van der Waals surface area (Å²) in [6.45, 7) is 6.16. The fraction of sp³-hybridized carbons (Fsp3) is 0.381. The molecular weight excluding hydrogens is 833 g/mol. The number of aliphatic imine (C=N–C) groups is 2. The normalized spacial score (nSPS) is 14.3. The van der Waals surface area contributed by atoms with E-state index in [9.17, 15) is 19.2 Å². The van der Waals surface area contributed by atoms with Gasteiger partial charge in [0, 0.05) is 51.0 Å². The standard InChI is InChI=1S/2C19H24N6O2.C4H6O6/c2*20-18(21)24-17(26)11-15-3-1-2-14(10-15)4-5-16-12-22-19(23-13-16)25-6-8-27-9-7-25;5-1(3(7)8)2(6)4(9)10/h2*1-3,10,12-13H,4-9,11H2,(H4,20,21,24,26);1-2,5-6H,(H,7,8)(H,9,10)/t;;1-,2-/m..1/s1. The number of morpholine rings is 2. The number of benzene rings is 2. The molecule has 0 aliphatic carbocycles. The van der Waals surface area contributed by atoms with Crippen molar-refractivity contribution >= 4 is 47.6 Å². The minimum absolute atomic E-state index is 0.184. The third kappa shape index (κ3) is 17.7. The molecule has 6 rings (SSSR count). The Morgan fingerprint density at radius 1 is 0.547 bits per heavy atom. The number of carboxylic acid groups (broad SMARTS) is 2. The van der Waals surface area contributed by atoms with Crippen molar-refractivity contribution in [1.29, 1.82) is 0 Å². The number of guanidine groups is 2. The van der Waals surface area contributed by atoms with Gasteiger partial charge < -0.3 is 62.6 Å². The molecule has 4 aromatic rings. The number of aliphatic hydroxyl groups is 2. The second kappa shape index (κ2) is 25.7. The Morgan fingerprint density at radius 3 is 1.17 bits per heavy atom. The van der Waals surface area contributed by atoms with Gasteiger partial charge in [0.2, 0.25) is 11.9 Å². The van der Waals surface area contributed by atoms with Crippen molar-refractivity contribution in [3.05, 3.63) is 107 Å². The minimum Gasteiger partial charge on any atom is -0.479 e. The van der Waals surface area contributed by atoms with Crippen LogP contribution in [-0.4, -0.2) is 141 Å². The fourth-order valence-corrected chi connectivity index (χ4v) is 6.16. The number of hydrogen-bond donors (Lipinski definition) is 8. The maximum Gasteiger partial charge on any atom is 0.335 e. The number of amides is 2. The monoisotopic (exact) mass is 886 g/mol. The minimum atomic E-state index is -2.27. The number of hydrogen-bond acceptors (Lipinski definition) is 14. The summed E-state index contributed by atoms with van der Waals surface area (Å²) in [6.07, 6.45) is 6.68. The Morgan fingerprint density at radius 2 is 0.859 bits per heavy atom. The summed E-state index contributed by atoms with van der Waals surface area (Å²) < 4.78 is 10.7. The van der Waals surface area contributed by atoms with Gasteiger partial charge in [-0.25, -0.2) is 29.5 Å². The largest absolute Gasteiger partial charge is 0.479 e. The quantitative estimate of drug-likeness (QED) is 0.0511. The van der Waals surface area contributed by atoms with Crippen LogP contribution in [0.15, 0.2) is 83.3 Å². The van der Waals surface area contributed by atoms with Crippen LogP contribution in [0.2, 0.25) is 0 Å². The average Bonchev–Trinajstić information content (AvgIpc) is 3.28. The van der Waals surface area contributed by atoms with Gasteiger partial charge in [-0.15, -0.1) is 0 Å². The predicted molar refractivity (Wildman–Crippen MR) is 234 cm³/mol. The molecule has 2 saturated heterocycles. The predicted octanol–water partition coefficient (Wildman–Crippen LogP) is -1.24. The van der Waals surface area contributed by atoms with Crippen LogP contribution in [0.3, 0.4) is 0 Å². The number of aromatic nitrogens is 4. The van der Waals surface area contributed by atoms with E-state index in [-0.39, 0.29) is 36.6 Å². The van der Waals surface area contributed by atoms with Crippen molar-refractivity contribution in [1.82, 2.24) is 19.9 Å². The Balaban J connectivity index is 0.000000232. The molecule has 64 heavy (non-hydrogen) atoms. The summed E-state index contributed by atoms with van der Waals surface area (Å²) in [7, 11) is 0. The summed E-state index contributed by atoms with van der Waals surface area (Å²) >= 11 is 0. The first-order valence-corrected chi connectivity index (χ1v) is 20.2. The van der Waals surface area contributed by atoms with E-state index < -0.39 is 24.1 Å². The molecule has 0 radical (unpaired) electrons. The SMILES string of the molecule is NC(N)=NC(=O)Cc1cccc(CCc2cnc(N3CCOCC3)nc2)c1.NC(N)=NC(=O)Cc1cccc(CCc2cnc(N3CCOCC3)nc2)c1.O=C(O)[C@H](O)[C@@H](O)C(=O)O. The fourth-order valence-electron chi connectivity index (χ4n) is 6.16. The summed E-state index contributed by atoms with van der Waals surface area (Å²) in [5.74, 6) is -3.15. The lowest BCUT2D eigenvalue weighted by Crippen LogP contribution is -2.39. The molecule has 0 bridgehead atoms. The maximum atomic E-state index is 11.7. The highest BCUT2D eigenvalue weighted by Gasteiger charge is 2.29. The number of aliphatic hydroxyl groups excluding tert-OH is 2. The van der Waals surface area contributed by atoms with E-state index >= 15 is 0 Å². The molecule has 0 spiro atoms. The van der Waals surface area contributed by atoms with Gasteiger partial charge in [0.1, 0.15) is 0 Å². The van der Waals surface area contributed by atoms with Crippen molar-refractivity contribution in [2.45, 2.75) is 50.7 Å². The maximum absolute atomic E-state index is 11.7. The number of aryl methyl sites for hydroxylation is 4. The van der Waals surface area contributed by atoms with Crippen molar-refractivity contribution in [2.75, 3.05) is 62.4 Å². The molecule has 2 aliphatic heterocycles.